The molecule has 1 aliphatic heterocycles. The van der Waals surface area contributed by atoms with E-state index in [9.17, 15) is 15.0 Å². The first-order chi connectivity index (χ1) is 16.8. The number of aliphatic hydroxyl groups excluding tert-OH is 1. The second-order valence-electron chi connectivity index (χ2n) is 9.33. The molecule has 0 saturated carbocycles. The number of phenolic OH excluding ortho intramolecular Hbond substituents is 1. The summed E-state index contributed by atoms with van der Waals surface area (Å²) in [4.78, 5) is 15.5. The van der Waals surface area contributed by atoms with Gasteiger partial charge in [0, 0.05) is 43.4 Å². The Hall–Kier alpha value is -2.55. The number of carbonyl (C=O) groups is 1. The van der Waals surface area contributed by atoms with Gasteiger partial charge in [-0.1, -0.05) is 12.1 Å². The summed E-state index contributed by atoms with van der Waals surface area (Å²) >= 11 is 3.52. The van der Waals surface area contributed by atoms with Crippen molar-refractivity contribution in [1.29, 1.82) is 0 Å². The molecule has 0 aliphatic carbocycles. The lowest BCUT2D eigenvalue weighted by Crippen LogP contribution is -2.36. The average molecular weight is 544 g/mol. The number of carbonyl (C=O) groups excluding carboxylic acids is 1. The highest BCUT2D eigenvalue weighted by Gasteiger charge is 2.29. The van der Waals surface area contributed by atoms with Gasteiger partial charge in [0.25, 0.3) is 0 Å². The Morgan fingerprint density at radius 1 is 1.31 bits per heavy atom. The van der Waals surface area contributed by atoms with Gasteiger partial charge in [-0.25, -0.2) is 4.79 Å². The third-order valence-corrected chi connectivity index (χ3v) is 7.44. The fourth-order valence-corrected chi connectivity index (χ4v) is 5.53. The Balaban J connectivity index is 1.82. The largest absolute Gasteiger partial charge is 0.506 e. The van der Waals surface area contributed by atoms with Gasteiger partial charge in [0.2, 0.25) is 0 Å². The summed E-state index contributed by atoms with van der Waals surface area (Å²) in [5.74, 6) is -0.0325. The maximum Gasteiger partial charge on any atom is 0.340 e. The Morgan fingerprint density at radius 3 is 2.83 bits per heavy atom. The zero-order valence-corrected chi connectivity index (χ0v) is 22.2. The number of anilines is 1. The van der Waals surface area contributed by atoms with Gasteiger partial charge in [-0.05, 0) is 78.8 Å². The number of nitrogens with one attached hydrogen (secondary N) is 1. The zero-order valence-electron chi connectivity index (χ0n) is 20.6. The SMILES string of the molecule is CCOC(=O)c1c(CNc2cccc(C)c2)n(C)c2cc(Br)c(O)c(CN3CCCC(CO)C3)c12. The van der Waals surface area contributed by atoms with Gasteiger partial charge in [-0.15, -0.1) is 0 Å². The molecule has 8 heteroatoms. The van der Waals surface area contributed by atoms with Crippen LogP contribution in [0.2, 0.25) is 0 Å². The second kappa shape index (κ2) is 11.0. The van der Waals surface area contributed by atoms with E-state index in [1.165, 1.54) is 0 Å². The van der Waals surface area contributed by atoms with Crippen molar-refractivity contribution in [3.05, 3.63) is 57.2 Å². The van der Waals surface area contributed by atoms with Crippen LogP contribution in [0.25, 0.3) is 10.9 Å². The summed E-state index contributed by atoms with van der Waals surface area (Å²) in [5, 5.41) is 25.0. The van der Waals surface area contributed by atoms with Crippen molar-refractivity contribution in [2.45, 2.75) is 39.8 Å². The summed E-state index contributed by atoms with van der Waals surface area (Å²) in [7, 11) is 1.94. The number of esters is 1. The van der Waals surface area contributed by atoms with Crippen molar-refractivity contribution in [3.8, 4) is 5.75 Å². The molecule has 1 unspecified atom stereocenters. The molecule has 2 aromatic carbocycles. The van der Waals surface area contributed by atoms with Crippen LogP contribution in [0.1, 0.15) is 46.9 Å². The number of phenols is 1. The van der Waals surface area contributed by atoms with Crippen LogP contribution in [-0.4, -0.2) is 52.0 Å². The molecule has 0 bridgehead atoms. The number of ether oxygens (including phenoxy) is 1. The molecule has 2 heterocycles. The molecule has 1 fully saturated rings. The van der Waals surface area contributed by atoms with E-state index in [-0.39, 0.29) is 24.9 Å². The maximum absolute atomic E-state index is 13.3. The topological polar surface area (TPSA) is 87.0 Å². The van der Waals surface area contributed by atoms with Gasteiger partial charge in [-0.3, -0.25) is 4.90 Å². The van der Waals surface area contributed by atoms with Crippen molar-refractivity contribution < 1.29 is 19.7 Å². The van der Waals surface area contributed by atoms with Gasteiger partial charge in [0.05, 0.1) is 34.4 Å². The molecule has 1 aliphatic rings. The number of likely N-dealkylation sites (tertiary alicyclic amines) is 1. The molecule has 1 saturated heterocycles. The van der Waals surface area contributed by atoms with Crippen LogP contribution >= 0.6 is 15.9 Å². The van der Waals surface area contributed by atoms with Crippen LogP contribution in [0, 0.1) is 12.8 Å². The van der Waals surface area contributed by atoms with Crippen LogP contribution in [0.5, 0.6) is 5.75 Å². The lowest BCUT2D eigenvalue weighted by Gasteiger charge is -2.32. The van der Waals surface area contributed by atoms with E-state index in [1.807, 2.05) is 42.8 Å². The van der Waals surface area contributed by atoms with Gasteiger partial charge in [-0.2, -0.15) is 0 Å². The number of piperidine rings is 1. The van der Waals surface area contributed by atoms with E-state index < -0.39 is 5.97 Å². The smallest absolute Gasteiger partial charge is 0.340 e. The highest BCUT2D eigenvalue weighted by Crippen LogP contribution is 2.40. The number of aliphatic hydroxyl groups is 1. The Kier molecular flexibility index (Phi) is 8.04. The number of nitrogens with zero attached hydrogens (tertiary/aromatic N) is 2. The van der Waals surface area contributed by atoms with E-state index >= 15 is 0 Å². The number of fused-ring (bicyclic) bond motifs is 1. The number of halogens is 1. The standard InChI is InChI=1S/C27H34BrN3O4/c1-4-35-27(34)25-23(13-29-19-9-5-7-17(2)11-19)30(3)22-12-21(28)26(33)20(24(22)25)15-31-10-6-8-18(14-31)16-32/h5,7,9,11-12,18,29,32-33H,4,6,8,10,13-16H2,1-3H3. The monoisotopic (exact) mass is 543 g/mol. The highest BCUT2D eigenvalue weighted by atomic mass is 79.9. The third kappa shape index (κ3) is 5.34. The van der Waals surface area contributed by atoms with Crippen LogP contribution in [-0.2, 0) is 24.9 Å². The zero-order chi connectivity index (χ0) is 25.1. The second-order valence-corrected chi connectivity index (χ2v) is 10.2. The van der Waals surface area contributed by atoms with E-state index in [2.05, 4.69) is 32.2 Å². The van der Waals surface area contributed by atoms with E-state index in [4.69, 9.17) is 4.74 Å². The van der Waals surface area contributed by atoms with Crippen molar-refractivity contribution >= 4 is 38.5 Å². The molecule has 0 spiro atoms. The molecule has 0 amide bonds. The van der Waals surface area contributed by atoms with Crippen LogP contribution in [0.15, 0.2) is 34.8 Å². The minimum absolute atomic E-state index is 0.137. The number of aryl methyl sites for hydroxylation is 2. The van der Waals surface area contributed by atoms with Crippen molar-refractivity contribution in [1.82, 2.24) is 9.47 Å². The van der Waals surface area contributed by atoms with E-state index in [0.717, 1.165) is 53.8 Å². The van der Waals surface area contributed by atoms with Crippen molar-refractivity contribution in [2.24, 2.45) is 13.0 Å². The molecule has 1 atom stereocenters. The molecular weight excluding hydrogens is 510 g/mol. The van der Waals surface area contributed by atoms with Gasteiger partial charge < -0.3 is 24.8 Å². The fourth-order valence-electron chi connectivity index (χ4n) is 5.07. The Bertz CT molecular complexity index is 1220. The highest BCUT2D eigenvalue weighted by molar-refractivity contribution is 9.10. The van der Waals surface area contributed by atoms with Gasteiger partial charge in [0.15, 0.2) is 0 Å². The molecule has 35 heavy (non-hydrogen) atoms. The van der Waals surface area contributed by atoms with Gasteiger partial charge in [0.1, 0.15) is 5.75 Å². The molecular formula is C27H34BrN3O4. The first kappa shape index (κ1) is 25.5. The third-order valence-electron chi connectivity index (χ3n) is 6.84. The molecule has 3 N–H and O–H groups in total. The van der Waals surface area contributed by atoms with E-state index in [1.54, 1.807) is 6.92 Å². The molecule has 4 rings (SSSR count). The fraction of sp³-hybridized carbons (Fsp3) is 0.444. The van der Waals surface area contributed by atoms with Crippen LogP contribution < -0.4 is 5.32 Å². The Morgan fingerprint density at radius 2 is 2.11 bits per heavy atom. The molecule has 3 aromatic rings. The van der Waals surface area contributed by atoms with Crippen LogP contribution in [0.3, 0.4) is 0 Å². The molecule has 1 aromatic heterocycles. The minimum atomic E-state index is -0.394. The average Bonchev–Trinajstić information content (AvgIpc) is 3.12. The number of rotatable bonds is 8. The number of aromatic hydroxyl groups is 1. The number of benzene rings is 2. The summed E-state index contributed by atoms with van der Waals surface area (Å²) in [5.41, 5.74) is 4.95. The number of hydrogen-bond donors (Lipinski definition) is 3. The predicted octanol–water partition coefficient (Wildman–Crippen LogP) is 4.95. The number of hydrogen-bond acceptors (Lipinski definition) is 6. The molecule has 0 radical (unpaired) electrons. The summed E-state index contributed by atoms with van der Waals surface area (Å²) in [6, 6.07) is 9.97. The first-order valence-electron chi connectivity index (χ1n) is 12.2. The van der Waals surface area contributed by atoms with Crippen molar-refractivity contribution in [2.75, 3.05) is 31.6 Å². The molecule has 7 nitrogen and oxygen atoms in total. The lowest BCUT2D eigenvalue weighted by molar-refractivity contribution is 0.0527. The summed E-state index contributed by atoms with van der Waals surface area (Å²) in [6.07, 6.45) is 2.00. The van der Waals surface area contributed by atoms with Crippen LogP contribution in [0.4, 0.5) is 5.69 Å². The molecule has 188 valence electrons. The lowest BCUT2D eigenvalue weighted by atomic mass is 9.97. The van der Waals surface area contributed by atoms with Gasteiger partial charge >= 0.3 is 5.97 Å². The van der Waals surface area contributed by atoms with E-state index in [0.29, 0.717) is 28.7 Å². The normalized spacial score (nSPS) is 16.5. The maximum atomic E-state index is 13.3. The minimum Gasteiger partial charge on any atom is -0.506 e. The predicted molar refractivity (Wildman–Crippen MR) is 142 cm³/mol. The summed E-state index contributed by atoms with van der Waals surface area (Å²) in [6.45, 7) is 6.82. The van der Waals surface area contributed by atoms with Crippen molar-refractivity contribution in [3.63, 3.8) is 0 Å². The summed E-state index contributed by atoms with van der Waals surface area (Å²) < 4.78 is 8.08. The quantitative estimate of drug-likeness (QED) is 0.348. The first-order valence-corrected chi connectivity index (χ1v) is 13.0. The Labute approximate surface area is 214 Å². The number of aromatic nitrogens is 1.